The number of carbonyl (C=O) groups is 1. The number of amides is 1. The van der Waals surface area contributed by atoms with Crippen LogP contribution in [0.1, 0.15) is 18.1 Å². The quantitative estimate of drug-likeness (QED) is 0.660. The number of rotatable bonds is 4. The van der Waals surface area contributed by atoms with Gasteiger partial charge in [0.05, 0.1) is 5.02 Å². The van der Waals surface area contributed by atoms with Crippen LogP contribution in [0.4, 0.5) is 5.69 Å². The summed E-state index contributed by atoms with van der Waals surface area (Å²) in [5.74, 6) is 0.574. The highest BCUT2D eigenvalue weighted by Gasteiger charge is 2.17. The molecular formula is C19H15ClN2O3. The molecule has 1 aliphatic heterocycles. The Kier molecular flexibility index (Phi) is 4.92. The van der Waals surface area contributed by atoms with Gasteiger partial charge in [-0.3, -0.25) is 4.79 Å². The minimum absolute atomic E-state index is 0.0552. The molecule has 1 N–H and O–H groups in total. The molecular weight excluding hydrogens is 340 g/mol. The minimum atomic E-state index is -0.500. The largest absolute Gasteiger partial charge is 0.454 e. The molecule has 1 heterocycles. The summed E-state index contributed by atoms with van der Waals surface area (Å²) < 4.78 is 10.5. The average Bonchev–Trinajstić information content (AvgIpc) is 3.07. The van der Waals surface area contributed by atoms with E-state index in [0.29, 0.717) is 27.8 Å². The summed E-state index contributed by atoms with van der Waals surface area (Å²) >= 11 is 6.19. The van der Waals surface area contributed by atoms with E-state index in [-0.39, 0.29) is 12.4 Å². The monoisotopic (exact) mass is 354 g/mol. The maximum atomic E-state index is 12.3. The van der Waals surface area contributed by atoms with Crippen LogP contribution in [-0.4, -0.2) is 12.7 Å². The number of carbonyl (C=O) groups excluding carboxylic acids is 1. The first-order chi connectivity index (χ1) is 12.1. The van der Waals surface area contributed by atoms with Crippen LogP contribution in [0.15, 0.2) is 42.0 Å². The Hall–Kier alpha value is -2.97. The van der Waals surface area contributed by atoms with Crippen LogP contribution in [0.25, 0.3) is 6.08 Å². The number of fused-ring (bicyclic) bond motifs is 1. The average molecular weight is 355 g/mol. The summed E-state index contributed by atoms with van der Waals surface area (Å²) in [7, 11) is 0. The van der Waals surface area contributed by atoms with Crippen LogP contribution in [0.2, 0.25) is 5.02 Å². The van der Waals surface area contributed by atoms with E-state index in [9.17, 15) is 10.1 Å². The number of nitrogens with zero attached hydrogens (tertiary/aromatic N) is 1. The van der Waals surface area contributed by atoms with Crippen molar-refractivity contribution in [2.45, 2.75) is 13.3 Å². The topological polar surface area (TPSA) is 71.4 Å². The number of hydrogen-bond donors (Lipinski definition) is 1. The van der Waals surface area contributed by atoms with Crippen LogP contribution >= 0.6 is 11.6 Å². The molecule has 2 aromatic rings. The highest BCUT2D eigenvalue weighted by Crippen LogP contribution is 2.37. The van der Waals surface area contributed by atoms with Gasteiger partial charge < -0.3 is 14.8 Å². The summed E-state index contributed by atoms with van der Waals surface area (Å²) in [6.07, 6.45) is 2.35. The first-order valence-electron chi connectivity index (χ1n) is 7.72. The standard InChI is InChI=1S/C19H15ClN2O3/c1-2-12-3-5-15(6-4-12)22-19(23)14(10-21)7-13-8-17-18(9-16(13)20)25-11-24-17/h3-9H,2,11H2,1H3,(H,22,23). The molecule has 2 aromatic carbocycles. The molecule has 5 nitrogen and oxygen atoms in total. The van der Waals surface area contributed by atoms with Crippen LogP contribution in [0.5, 0.6) is 11.5 Å². The molecule has 1 amide bonds. The Morgan fingerprint density at radius 3 is 2.60 bits per heavy atom. The fourth-order valence-corrected chi connectivity index (χ4v) is 2.58. The predicted octanol–water partition coefficient (Wildman–Crippen LogP) is 4.18. The Balaban J connectivity index is 1.82. The van der Waals surface area contributed by atoms with E-state index in [0.717, 1.165) is 6.42 Å². The van der Waals surface area contributed by atoms with E-state index in [1.165, 1.54) is 11.6 Å². The van der Waals surface area contributed by atoms with Gasteiger partial charge in [-0.2, -0.15) is 5.26 Å². The number of nitrogens with one attached hydrogen (secondary N) is 1. The number of anilines is 1. The molecule has 0 radical (unpaired) electrons. The van der Waals surface area contributed by atoms with Gasteiger partial charge in [0.1, 0.15) is 11.6 Å². The third-order valence-corrected chi connectivity index (χ3v) is 4.10. The molecule has 0 fully saturated rings. The Morgan fingerprint density at radius 1 is 1.28 bits per heavy atom. The second kappa shape index (κ2) is 7.29. The zero-order valence-corrected chi connectivity index (χ0v) is 14.3. The zero-order chi connectivity index (χ0) is 17.8. The maximum absolute atomic E-state index is 12.3. The molecule has 0 unspecified atom stereocenters. The van der Waals surface area contributed by atoms with Crippen molar-refractivity contribution in [1.82, 2.24) is 0 Å². The molecule has 0 aromatic heterocycles. The second-order valence-corrected chi connectivity index (χ2v) is 5.81. The van der Waals surface area contributed by atoms with E-state index in [2.05, 4.69) is 12.2 Å². The lowest BCUT2D eigenvalue weighted by molar-refractivity contribution is -0.112. The lowest BCUT2D eigenvalue weighted by Crippen LogP contribution is -2.13. The molecule has 0 saturated carbocycles. The number of nitriles is 1. The number of benzene rings is 2. The Bertz CT molecular complexity index is 883. The van der Waals surface area contributed by atoms with Crippen molar-refractivity contribution in [3.63, 3.8) is 0 Å². The van der Waals surface area contributed by atoms with Crippen molar-refractivity contribution >= 4 is 29.3 Å². The van der Waals surface area contributed by atoms with Crippen molar-refractivity contribution < 1.29 is 14.3 Å². The predicted molar refractivity (Wildman–Crippen MR) is 95.6 cm³/mol. The van der Waals surface area contributed by atoms with Crippen molar-refractivity contribution in [1.29, 1.82) is 5.26 Å². The number of hydrogen-bond acceptors (Lipinski definition) is 4. The summed E-state index contributed by atoms with van der Waals surface area (Å²) in [6, 6.07) is 12.6. The molecule has 0 bridgehead atoms. The van der Waals surface area contributed by atoms with Gasteiger partial charge in [0.25, 0.3) is 5.91 Å². The molecule has 0 saturated heterocycles. The van der Waals surface area contributed by atoms with Crippen LogP contribution < -0.4 is 14.8 Å². The summed E-state index contributed by atoms with van der Waals surface area (Å²) in [5.41, 5.74) is 2.25. The SMILES string of the molecule is CCc1ccc(NC(=O)C(C#N)=Cc2cc3c(cc2Cl)OCO3)cc1. The van der Waals surface area contributed by atoms with Gasteiger partial charge in [-0.1, -0.05) is 30.7 Å². The van der Waals surface area contributed by atoms with E-state index >= 15 is 0 Å². The van der Waals surface area contributed by atoms with Gasteiger partial charge in [-0.25, -0.2) is 0 Å². The van der Waals surface area contributed by atoms with Gasteiger partial charge >= 0.3 is 0 Å². The normalized spacial score (nSPS) is 12.6. The van der Waals surface area contributed by atoms with Crippen LogP contribution in [-0.2, 0) is 11.2 Å². The smallest absolute Gasteiger partial charge is 0.266 e. The highest BCUT2D eigenvalue weighted by molar-refractivity contribution is 6.32. The van der Waals surface area contributed by atoms with Crippen molar-refractivity contribution in [3.8, 4) is 17.6 Å². The molecule has 0 atom stereocenters. The third-order valence-electron chi connectivity index (χ3n) is 3.78. The van der Waals surface area contributed by atoms with Crippen LogP contribution in [0, 0.1) is 11.3 Å². The summed E-state index contributed by atoms with van der Waals surface area (Å²) in [4.78, 5) is 12.3. The fraction of sp³-hybridized carbons (Fsp3) is 0.158. The molecule has 3 rings (SSSR count). The van der Waals surface area contributed by atoms with Crippen LogP contribution in [0.3, 0.4) is 0 Å². The van der Waals surface area contributed by atoms with E-state index in [1.54, 1.807) is 24.3 Å². The van der Waals surface area contributed by atoms with Crippen molar-refractivity contribution in [2.75, 3.05) is 12.1 Å². The molecule has 0 aliphatic carbocycles. The molecule has 1 aliphatic rings. The Labute approximate surface area is 150 Å². The highest BCUT2D eigenvalue weighted by atomic mass is 35.5. The molecule has 6 heteroatoms. The summed E-state index contributed by atoms with van der Waals surface area (Å²) in [5, 5.41) is 12.4. The van der Waals surface area contributed by atoms with E-state index in [4.69, 9.17) is 21.1 Å². The van der Waals surface area contributed by atoms with Gasteiger partial charge in [0, 0.05) is 11.8 Å². The second-order valence-electron chi connectivity index (χ2n) is 5.40. The number of aryl methyl sites for hydroxylation is 1. The fourth-order valence-electron chi connectivity index (χ4n) is 2.37. The van der Waals surface area contributed by atoms with Crippen molar-refractivity contribution in [3.05, 3.63) is 58.1 Å². The van der Waals surface area contributed by atoms with Gasteiger partial charge in [0.15, 0.2) is 11.5 Å². The zero-order valence-electron chi connectivity index (χ0n) is 13.5. The minimum Gasteiger partial charge on any atom is -0.454 e. The molecule has 0 spiro atoms. The first-order valence-corrected chi connectivity index (χ1v) is 8.09. The van der Waals surface area contributed by atoms with Crippen molar-refractivity contribution in [2.24, 2.45) is 0 Å². The van der Waals surface area contributed by atoms with Gasteiger partial charge in [0.2, 0.25) is 6.79 Å². The number of halogens is 1. The first kappa shape index (κ1) is 16.9. The number of ether oxygens (including phenoxy) is 2. The van der Waals surface area contributed by atoms with Gasteiger partial charge in [-0.15, -0.1) is 0 Å². The molecule has 25 heavy (non-hydrogen) atoms. The Morgan fingerprint density at radius 2 is 1.96 bits per heavy atom. The van der Waals surface area contributed by atoms with Gasteiger partial charge in [-0.05, 0) is 41.8 Å². The van der Waals surface area contributed by atoms with E-state index in [1.807, 2.05) is 18.2 Å². The lowest BCUT2D eigenvalue weighted by Gasteiger charge is -2.06. The third kappa shape index (κ3) is 3.76. The maximum Gasteiger partial charge on any atom is 0.266 e. The lowest BCUT2D eigenvalue weighted by atomic mass is 10.1. The van der Waals surface area contributed by atoms with E-state index < -0.39 is 5.91 Å². The molecule has 126 valence electrons. The summed E-state index contributed by atoms with van der Waals surface area (Å²) in [6.45, 7) is 2.18.